The summed E-state index contributed by atoms with van der Waals surface area (Å²) in [6.45, 7) is 5.24. The molecule has 0 aliphatic rings. The first-order valence-electron chi connectivity index (χ1n) is 10.9. The number of anilines is 2. The Labute approximate surface area is 198 Å². The van der Waals surface area contributed by atoms with Crippen molar-refractivity contribution in [3.05, 3.63) is 78.4 Å². The molecule has 174 valence electrons. The number of nitrogens with one attached hydrogen (secondary N) is 1. The quantitative estimate of drug-likeness (QED) is 0.414. The third kappa shape index (κ3) is 4.75. The molecule has 1 heterocycles. The number of nitrogens with two attached hydrogens (primary N) is 1. The van der Waals surface area contributed by atoms with Gasteiger partial charge in [-0.3, -0.25) is 4.79 Å². The lowest BCUT2D eigenvalue weighted by Gasteiger charge is -2.18. The molecule has 0 aliphatic heterocycles. The molecule has 0 bridgehead atoms. The predicted molar refractivity (Wildman–Crippen MR) is 133 cm³/mol. The highest BCUT2D eigenvalue weighted by atomic mass is 32.2. The number of aromatic nitrogens is 2. The van der Waals surface area contributed by atoms with Crippen molar-refractivity contribution in [3.8, 4) is 11.3 Å². The molecule has 3 aromatic carbocycles. The van der Waals surface area contributed by atoms with Crippen LogP contribution in [0.25, 0.3) is 22.0 Å². The van der Waals surface area contributed by atoms with Crippen LogP contribution in [0.4, 0.5) is 11.5 Å². The number of primary sulfonamides is 1. The maximum absolute atomic E-state index is 12.6. The maximum atomic E-state index is 12.6. The zero-order valence-corrected chi connectivity index (χ0v) is 19.7. The second kappa shape index (κ2) is 9.58. The minimum atomic E-state index is -3.76. The lowest BCUT2D eigenvalue weighted by molar-refractivity contribution is 0.0773. The third-order valence-electron chi connectivity index (χ3n) is 5.59. The molecule has 0 unspecified atom stereocenters. The van der Waals surface area contributed by atoms with Crippen molar-refractivity contribution in [3.63, 3.8) is 0 Å². The van der Waals surface area contributed by atoms with Gasteiger partial charge in [-0.15, -0.1) is 10.2 Å². The second-order valence-corrected chi connectivity index (χ2v) is 9.25. The van der Waals surface area contributed by atoms with Crippen molar-refractivity contribution in [2.24, 2.45) is 5.14 Å². The largest absolute Gasteiger partial charge is 0.339 e. The van der Waals surface area contributed by atoms with E-state index in [1.165, 1.54) is 12.1 Å². The van der Waals surface area contributed by atoms with Crippen molar-refractivity contribution in [1.82, 2.24) is 15.1 Å². The van der Waals surface area contributed by atoms with Crippen molar-refractivity contribution >= 4 is 38.2 Å². The number of rotatable bonds is 7. The number of sulfonamides is 1. The fraction of sp³-hybridized carbons (Fsp3) is 0.160. The first-order valence-corrected chi connectivity index (χ1v) is 12.4. The monoisotopic (exact) mass is 475 g/mol. The van der Waals surface area contributed by atoms with Gasteiger partial charge in [-0.25, -0.2) is 13.6 Å². The molecular formula is C25H25N5O3S. The summed E-state index contributed by atoms with van der Waals surface area (Å²) in [6, 6.07) is 21.2. The van der Waals surface area contributed by atoms with Crippen LogP contribution in [0.5, 0.6) is 0 Å². The molecule has 3 N–H and O–H groups in total. The van der Waals surface area contributed by atoms with Crippen LogP contribution in [0.2, 0.25) is 0 Å². The number of carbonyl (C=O) groups is 1. The molecule has 0 spiro atoms. The number of hydrogen-bond acceptors (Lipinski definition) is 6. The fourth-order valence-electron chi connectivity index (χ4n) is 3.74. The highest BCUT2D eigenvalue weighted by Gasteiger charge is 2.15. The number of fused-ring (bicyclic) bond motifs is 1. The van der Waals surface area contributed by atoms with Gasteiger partial charge in [0.25, 0.3) is 5.91 Å². The maximum Gasteiger partial charge on any atom is 0.253 e. The van der Waals surface area contributed by atoms with Crippen LogP contribution >= 0.6 is 0 Å². The first kappa shape index (κ1) is 23.3. The van der Waals surface area contributed by atoms with Gasteiger partial charge in [0.1, 0.15) is 5.69 Å². The van der Waals surface area contributed by atoms with Gasteiger partial charge in [0.15, 0.2) is 5.82 Å². The molecule has 8 nitrogen and oxygen atoms in total. The highest BCUT2D eigenvalue weighted by Crippen LogP contribution is 2.31. The first-order chi connectivity index (χ1) is 16.3. The fourth-order valence-corrected chi connectivity index (χ4v) is 4.25. The molecule has 0 saturated carbocycles. The Kier molecular flexibility index (Phi) is 6.58. The Hall–Kier alpha value is -3.82. The summed E-state index contributed by atoms with van der Waals surface area (Å²) < 4.78 is 23.0. The number of hydrogen-bond donors (Lipinski definition) is 2. The van der Waals surface area contributed by atoms with E-state index in [1.807, 2.05) is 62.4 Å². The van der Waals surface area contributed by atoms with Crippen LogP contribution < -0.4 is 10.5 Å². The summed E-state index contributed by atoms with van der Waals surface area (Å²) in [5.74, 6) is 0.538. The van der Waals surface area contributed by atoms with E-state index in [-0.39, 0.29) is 10.8 Å². The van der Waals surface area contributed by atoms with E-state index in [1.54, 1.807) is 17.0 Å². The van der Waals surface area contributed by atoms with Gasteiger partial charge in [0, 0.05) is 40.7 Å². The molecule has 4 aromatic rings. The Bertz CT molecular complexity index is 1430. The summed E-state index contributed by atoms with van der Waals surface area (Å²) in [5.41, 5.74) is 2.83. The highest BCUT2D eigenvalue weighted by molar-refractivity contribution is 7.89. The van der Waals surface area contributed by atoms with E-state index in [9.17, 15) is 13.2 Å². The summed E-state index contributed by atoms with van der Waals surface area (Å²) in [4.78, 5) is 14.4. The standard InChI is InChI=1S/C25H25N5O3S/c1-3-30(4-2)25(31)18-11-9-17(10-12-18)23-21-7-5-6-8-22(21)24(29-28-23)27-19-13-15-20(16-14-19)34(26,32)33/h5-16H,3-4H2,1-2H3,(H,27,29)(H2,26,32,33). The Balaban J connectivity index is 1.67. The minimum absolute atomic E-state index is 0.000458. The van der Waals surface area contributed by atoms with Gasteiger partial charge in [-0.1, -0.05) is 36.4 Å². The summed E-state index contributed by atoms with van der Waals surface area (Å²) in [5, 5.41) is 18.9. The zero-order chi connectivity index (χ0) is 24.3. The molecule has 1 aromatic heterocycles. The SMILES string of the molecule is CCN(CC)C(=O)c1ccc(-c2nnc(Nc3ccc(S(N)(=O)=O)cc3)c3ccccc23)cc1. The summed E-state index contributed by atoms with van der Waals surface area (Å²) in [6.07, 6.45) is 0. The van der Waals surface area contributed by atoms with Gasteiger partial charge < -0.3 is 10.2 Å². The molecule has 9 heteroatoms. The van der Waals surface area contributed by atoms with Crippen LogP contribution in [-0.2, 0) is 10.0 Å². The summed E-state index contributed by atoms with van der Waals surface area (Å²) in [7, 11) is -3.76. The Morgan fingerprint density at radius 2 is 1.50 bits per heavy atom. The van der Waals surface area contributed by atoms with Gasteiger partial charge in [0.05, 0.1) is 4.90 Å². The molecule has 0 radical (unpaired) electrons. The van der Waals surface area contributed by atoms with Crippen molar-refractivity contribution in [2.75, 3.05) is 18.4 Å². The zero-order valence-electron chi connectivity index (χ0n) is 18.9. The van der Waals surface area contributed by atoms with Gasteiger partial charge >= 0.3 is 0 Å². The minimum Gasteiger partial charge on any atom is -0.339 e. The lowest BCUT2D eigenvalue weighted by Crippen LogP contribution is -2.30. The molecule has 0 fully saturated rings. The number of amides is 1. The average molecular weight is 476 g/mol. The average Bonchev–Trinajstić information content (AvgIpc) is 2.85. The molecule has 0 saturated heterocycles. The van der Waals surface area contributed by atoms with E-state index >= 15 is 0 Å². The molecule has 34 heavy (non-hydrogen) atoms. The van der Waals surface area contributed by atoms with Gasteiger partial charge in [-0.2, -0.15) is 0 Å². The molecule has 1 amide bonds. The third-order valence-corrected chi connectivity index (χ3v) is 6.52. The van der Waals surface area contributed by atoms with E-state index in [0.717, 1.165) is 16.3 Å². The topological polar surface area (TPSA) is 118 Å². The number of nitrogens with zero attached hydrogens (tertiary/aromatic N) is 3. The summed E-state index contributed by atoms with van der Waals surface area (Å²) >= 11 is 0. The lowest BCUT2D eigenvalue weighted by atomic mass is 10.0. The van der Waals surface area contributed by atoms with Crippen LogP contribution in [-0.4, -0.2) is 42.5 Å². The van der Waals surface area contributed by atoms with Gasteiger partial charge in [-0.05, 0) is 50.2 Å². The number of benzene rings is 3. The van der Waals surface area contributed by atoms with Gasteiger partial charge in [0.2, 0.25) is 10.0 Å². The van der Waals surface area contributed by atoms with E-state index in [4.69, 9.17) is 5.14 Å². The smallest absolute Gasteiger partial charge is 0.253 e. The van der Waals surface area contributed by atoms with Crippen LogP contribution in [0.3, 0.4) is 0 Å². The second-order valence-electron chi connectivity index (χ2n) is 7.69. The van der Waals surface area contributed by atoms with E-state index < -0.39 is 10.0 Å². The van der Waals surface area contributed by atoms with E-state index in [0.29, 0.717) is 35.9 Å². The molecule has 0 atom stereocenters. The van der Waals surface area contributed by atoms with Crippen molar-refractivity contribution in [1.29, 1.82) is 0 Å². The predicted octanol–water partition coefficient (Wildman–Crippen LogP) is 4.17. The van der Waals surface area contributed by atoms with E-state index in [2.05, 4.69) is 15.5 Å². The molecular weight excluding hydrogens is 450 g/mol. The Morgan fingerprint density at radius 1 is 0.882 bits per heavy atom. The Morgan fingerprint density at radius 3 is 2.09 bits per heavy atom. The van der Waals surface area contributed by atoms with Crippen LogP contribution in [0, 0.1) is 0 Å². The van der Waals surface area contributed by atoms with Crippen LogP contribution in [0.15, 0.2) is 77.7 Å². The van der Waals surface area contributed by atoms with Crippen molar-refractivity contribution in [2.45, 2.75) is 18.7 Å². The van der Waals surface area contributed by atoms with Crippen molar-refractivity contribution < 1.29 is 13.2 Å². The van der Waals surface area contributed by atoms with Crippen LogP contribution in [0.1, 0.15) is 24.2 Å². The molecule has 0 aliphatic carbocycles. The normalized spacial score (nSPS) is 11.4. The molecule has 4 rings (SSSR count). The number of carbonyl (C=O) groups excluding carboxylic acids is 1.